The van der Waals surface area contributed by atoms with Crippen LogP contribution in [0.3, 0.4) is 0 Å². The second-order valence-corrected chi connectivity index (χ2v) is 21.4. The quantitative estimate of drug-likeness (QED) is 0.0195. The van der Waals surface area contributed by atoms with E-state index in [-0.39, 0.29) is 18.5 Å². The van der Waals surface area contributed by atoms with Gasteiger partial charge in [-0.2, -0.15) is 0 Å². The first-order valence-corrected chi connectivity index (χ1v) is 31.2. The van der Waals surface area contributed by atoms with Crippen LogP contribution in [0, 0.1) is 0 Å². The van der Waals surface area contributed by atoms with Gasteiger partial charge in [-0.3, -0.25) is 9.59 Å². The highest BCUT2D eigenvalue weighted by atomic mass is 16.7. The molecule has 0 radical (unpaired) electrons. The van der Waals surface area contributed by atoms with Crippen LogP contribution in [0.25, 0.3) is 0 Å². The van der Waals surface area contributed by atoms with Crippen molar-refractivity contribution in [1.29, 1.82) is 0 Å². The van der Waals surface area contributed by atoms with Crippen LogP contribution >= 0.6 is 0 Å². The smallest absolute Gasteiger partial charge is 0.305 e. The molecule has 0 aromatic carbocycles. The van der Waals surface area contributed by atoms with E-state index < -0.39 is 49.5 Å². The zero-order chi connectivity index (χ0) is 55.2. The molecule has 1 aliphatic heterocycles. The first kappa shape index (κ1) is 71.1. The number of unbranched alkanes of at least 4 members (excludes halogenated alkanes) is 30. The number of hydrogen-bond donors (Lipinski definition) is 6. The maximum atomic E-state index is 13.0. The van der Waals surface area contributed by atoms with E-state index in [0.29, 0.717) is 19.4 Å². The molecule has 0 aromatic heterocycles. The molecule has 7 atom stereocenters. The van der Waals surface area contributed by atoms with E-state index in [4.69, 9.17) is 14.2 Å². The van der Waals surface area contributed by atoms with Crippen molar-refractivity contribution < 1.29 is 49.3 Å². The zero-order valence-electron chi connectivity index (χ0n) is 48.4. The Hall–Kier alpha value is -2.90. The Balaban J connectivity index is 1.99. The Morgan fingerprint density at radius 2 is 0.947 bits per heavy atom. The van der Waals surface area contributed by atoms with Crippen LogP contribution in [0.1, 0.15) is 264 Å². The van der Waals surface area contributed by atoms with Gasteiger partial charge in [-0.1, -0.05) is 215 Å². The van der Waals surface area contributed by atoms with Crippen molar-refractivity contribution in [2.24, 2.45) is 0 Å². The summed E-state index contributed by atoms with van der Waals surface area (Å²) >= 11 is 0. The standard InChI is InChI=1S/C65H115NO10/c1-3-5-7-9-11-13-14-15-26-30-33-37-41-45-49-53-61(70)74-54-50-46-42-38-34-31-28-25-23-21-19-17-16-18-20-22-24-27-29-32-36-40-44-48-52-60(69)66-57(58(68)51-47-43-39-35-12-10-8-6-4-2)56-75-65-64(73)63(72)62(71)59(55-67)76-65/h4,6,11-13,15,18,20,26,35,47,51,57-59,62-65,67-68,71-73H,3,5,7-10,14,16-17,19,21-25,27-34,36-46,48-50,52-56H2,1-2H3,(H,66,69)/b6-4+,13-11-,20-18-,26-15-,35-12+,51-47+. The molecule has 0 aliphatic carbocycles. The van der Waals surface area contributed by atoms with Crippen LogP contribution in [-0.2, 0) is 23.8 Å². The van der Waals surface area contributed by atoms with Crippen molar-refractivity contribution in [2.75, 3.05) is 19.8 Å². The SMILES string of the molecule is C/C=C/CC/C=C/CC/C=C/C(O)C(COC1OC(CO)C(O)C(O)C1O)NC(=O)CCCCCCCCCC/C=C\CCCCCCCCCCCCCCOC(=O)CCCCCCC/C=C\C/C=C\CCCCC. The average molecular weight is 1070 g/mol. The number of nitrogens with one attached hydrogen (secondary N) is 1. The van der Waals surface area contributed by atoms with Crippen LogP contribution in [0.15, 0.2) is 72.9 Å². The molecule has 1 saturated heterocycles. The third-order valence-electron chi connectivity index (χ3n) is 14.3. The van der Waals surface area contributed by atoms with Gasteiger partial charge in [0.1, 0.15) is 24.4 Å². The average Bonchev–Trinajstić information content (AvgIpc) is 3.42. The summed E-state index contributed by atoms with van der Waals surface area (Å²) in [5, 5.41) is 54.1. The maximum Gasteiger partial charge on any atom is 0.305 e. The van der Waals surface area contributed by atoms with Crippen LogP contribution in [0.4, 0.5) is 0 Å². The molecule has 1 fully saturated rings. The fraction of sp³-hybridized carbons (Fsp3) is 0.785. The minimum atomic E-state index is -1.58. The molecule has 0 aromatic rings. The first-order chi connectivity index (χ1) is 37.2. The number of amides is 1. The van der Waals surface area contributed by atoms with Gasteiger partial charge in [0.2, 0.25) is 5.91 Å². The van der Waals surface area contributed by atoms with Crippen molar-refractivity contribution in [1.82, 2.24) is 5.32 Å². The number of aliphatic hydroxyl groups is 5. The summed E-state index contributed by atoms with van der Waals surface area (Å²) < 4.78 is 16.7. The Bertz CT molecular complexity index is 1490. The third kappa shape index (κ3) is 43.0. The highest BCUT2D eigenvalue weighted by Gasteiger charge is 2.44. The Labute approximate surface area is 464 Å². The number of allylic oxidation sites excluding steroid dienone is 11. The van der Waals surface area contributed by atoms with Gasteiger partial charge >= 0.3 is 5.97 Å². The predicted molar refractivity (Wildman–Crippen MR) is 315 cm³/mol. The summed E-state index contributed by atoms with van der Waals surface area (Å²) in [7, 11) is 0. The summed E-state index contributed by atoms with van der Waals surface area (Å²) in [6.45, 7) is 4.05. The summed E-state index contributed by atoms with van der Waals surface area (Å²) in [6.07, 6.45) is 61.8. The fourth-order valence-corrected chi connectivity index (χ4v) is 9.38. The van der Waals surface area contributed by atoms with E-state index in [2.05, 4.69) is 66.9 Å². The lowest BCUT2D eigenvalue weighted by molar-refractivity contribution is -0.302. The molecule has 6 N–H and O–H groups in total. The van der Waals surface area contributed by atoms with E-state index in [0.717, 1.165) is 96.3 Å². The molecule has 11 heteroatoms. The van der Waals surface area contributed by atoms with Crippen molar-refractivity contribution in [3.8, 4) is 0 Å². The van der Waals surface area contributed by atoms with Crippen molar-refractivity contribution in [2.45, 2.75) is 307 Å². The molecule has 440 valence electrons. The topological polar surface area (TPSA) is 175 Å². The number of carbonyl (C=O) groups excluding carboxylic acids is 2. The van der Waals surface area contributed by atoms with E-state index in [9.17, 15) is 35.1 Å². The normalized spacial score (nSPS) is 19.2. The number of hydrogen-bond acceptors (Lipinski definition) is 10. The summed E-state index contributed by atoms with van der Waals surface area (Å²) in [5.74, 6) is -0.220. The van der Waals surface area contributed by atoms with Gasteiger partial charge in [0.05, 0.1) is 32.0 Å². The number of ether oxygens (including phenoxy) is 3. The lowest BCUT2D eigenvalue weighted by atomic mass is 9.99. The van der Waals surface area contributed by atoms with Crippen LogP contribution in [-0.4, -0.2) is 100 Å². The molecule has 0 spiro atoms. The van der Waals surface area contributed by atoms with E-state index in [1.54, 1.807) is 6.08 Å². The highest BCUT2D eigenvalue weighted by Crippen LogP contribution is 2.23. The molecule has 1 aliphatic rings. The van der Waals surface area contributed by atoms with Gasteiger partial charge in [-0.05, 0) is 110 Å². The molecular weight excluding hydrogens is 955 g/mol. The van der Waals surface area contributed by atoms with Gasteiger partial charge in [0, 0.05) is 12.8 Å². The fourth-order valence-electron chi connectivity index (χ4n) is 9.38. The first-order valence-electron chi connectivity index (χ1n) is 31.2. The lowest BCUT2D eigenvalue weighted by Gasteiger charge is -2.40. The Morgan fingerprint density at radius 3 is 1.46 bits per heavy atom. The second kappa shape index (κ2) is 54.1. The molecule has 1 rings (SSSR count). The number of rotatable bonds is 53. The molecule has 11 nitrogen and oxygen atoms in total. The number of carbonyl (C=O) groups is 2. The summed E-state index contributed by atoms with van der Waals surface area (Å²) in [6, 6.07) is -0.838. The van der Waals surface area contributed by atoms with Crippen LogP contribution in [0.5, 0.6) is 0 Å². The summed E-state index contributed by atoms with van der Waals surface area (Å²) in [5.41, 5.74) is 0. The molecule has 1 heterocycles. The number of aliphatic hydroxyl groups excluding tert-OH is 5. The number of esters is 1. The van der Waals surface area contributed by atoms with E-state index in [1.165, 1.54) is 141 Å². The Morgan fingerprint density at radius 1 is 0.513 bits per heavy atom. The van der Waals surface area contributed by atoms with Gasteiger partial charge in [-0.15, -0.1) is 0 Å². The molecular formula is C65H115NO10. The minimum Gasteiger partial charge on any atom is -0.466 e. The van der Waals surface area contributed by atoms with E-state index >= 15 is 0 Å². The van der Waals surface area contributed by atoms with Gasteiger partial charge in [-0.25, -0.2) is 0 Å². The van der Waals surface area contributed by atoms with Gasteiger partial charge < -0.3 is 45.1 Å². The molecule has 0 bridgehead atoms. The van der Waals surface area contributed by atoms with Crippen molar-refractivity contribution in [3.63, 3.8) is 0 Å². The van der Waals surface area contributed by atoms with E-state index in [1.807, 2.05) is 19.1 Å². The lowest BCUT2D eigenvalue weighted by Crippen LogP contribution is -2.60. The van der Waals surface area contributed by atoms with Crippen LogP contribution in [0.2, 0.25) is 0 Å². The molecule has 76 heavy (non-hydrogen) atoms. The highest BCUT2D eigenvalue weighted by molar-refractivity contribution is 5.76. The largest absolute Gasteiger partial charge is 0.466 e. The van der Waals surface area contributed by atoms with Crippen molar-refractivity contribution in [3.05, 3.63) is 72.9 Å². The third-order valence-corrected chi connectivity index (χ3v) is 14.3. The molecule has 0 saturated carbocycles. The van der Waals surface area contributed by atoms with Crippen LogP contribution < -0.4 is 5.32 Å². The minimum absolute atomic E-state index is 0.0144. The Kier molecular flexibility index (Phi) is 50.6. The maximum absolute atomic E-state index is 13.0. The predicted octanol–water partition coefficient (Wildman–Crippen LogP) is 14.8. The van der Waals surface area contributed by atoms with Gasteiger partial charge in [0.15, 0.2) is 6.29 Å². The zero-order valence-corrected chi connectivity index (χ0v) is 48.4. The second-order valence-electron chi connectivity index (χ2n) is 21.4. The van der Waals surface area contributed by atoms with Gasteiger partial charge in [0.25, 0.3) is 0 Å². The monoisotopic (exact) mass is 1070 g/mol. The summed E-state index contributed by atoms with van der Waals surface area (Å²) in [4.78, 5) is 25.0. The molecule has 1 amide bonds. The molecule has 7 unspecified atom stereocenters. The van der Waals surface area contributed by atoms with Crippen molar-refractivity contribution >= 4 is 11.9 Å².